The molecule has 0 saturated heterocycles. The molecule has 1 aromatic heterocycles. The summed E-state index contributed by atoms with van der Waals surface area (Å²) >= 11 is 3.04. The van der Waals surface area contributed by atoms with Crippen molar-refractivity contribution < 1.29 is 4.79 Å². The molecule has 1 heterocycles. The van der Waals surface area contributed by atoms with Gasteiger partial charge in [0.15, 0.2) is 0 Å². The lowest BCUT2D eigenvalue weighted by atomic mass is 10.2. The van der Waals surface area contributed by atoms with Crippen molar-refractivity contribution in [2.24, 2.45) is 5.92 Å². The molecule has 0 aliphatic heterocycles. The molecule has 1 unspecified atom stereocenters. The second-order valence-electron chi connectivity index (χ2n) is 4.95. The summed E-state index contributed by atoms with van der Waals surface area (Å²) in [4.78, 5) is 38.7. The van der Waals surface area contributed by atoms with Gasteiger partial charge in [-0.3, -0.25) is 19.1 Å². The number of carbonyl (C=O) groups is 1. The quantitative estimate of drug-likeness (QED) is 0.876. The summed E-state index contributed by atoms with van der Waals surface area (Å²) in [6, 6.07) is 0.189. The zero-order valence-corrected chi connectivity index (χ0v) is 12.4. The lowest BCUT2D eigenvalue weighted by Crippen LogP contribution is -2.41. The normalized spacial score (nSPS) is 16.2. The average molecular weight is 330 g/mol. The van der Waals surface area contributed by atoms with Crippen LogP contribution < -0.4 is 11.2 Å². The van der Waals surface area contributed by atoms with Crippen molar-refractivity contribution in [1.29, 1.82) is 0 Å². The predicted molar refractivity (Wildman–Crippen MR) is 74.0 cm³/mol. The largest absolute Gasteiger partial charge is 0.341 e. The van der Waals surface area contributed by atoms with Crippen LogP contribution in [0.25, 0.3) is 0 Å². The molecule has 7 heteroatoms. The highest BCUT2D eigenvalue weighted by molar-refractivity contribution is 9.10. The molecule has 0 aromatic carbocycles. The van der Waals surface area contributed by atoms with Gasteiger partial charge in [0.1, 0.15) is 6.54 Å². The Balaban J connectivity index is 2.12. The Morgan fingerprint density at radius 2 is 2.21 bits per heavy atom. The van der Waals surface area contributed by atoms with E-state index in [-0.39, 0.29) is 23.0 Å². The number of H-pyrrole nitrogens is 1. The highest BCUT2D eigenvalue weighted by Gasteiger charge is 2.32. The van der Waals surface area contributed by atoms with Gasteiger partial charge in [-0.05, 0) is 41.6 Å². The number of nitrogens with one attached hydrogen (secondary N) is 1. The zero-order valence-electron chi connectivity index (χ0n) is 10.9. The standard InChI is InChI=1S/C12H16BrN3O3/c1-7(8-3-4-8)15(2)10(17)6-16-5-9(13)11(18)14-12(16)19/h5,7-8H,3-4,6H2,1-2H3,(H,14,18,19). The van der Waals surface area contributed by atoms with Gasteiger partial charge in [-0.25, -0.2) is 4.79 Å². The molecule has 1 saturated carbocycles. The number of carbonyl (C=O) groups excluding carboxylic acids is 1. The van der Waals surface area contributed by atoms with E-state index < -0.39 is 11.2 Å². The summed E-state index contributed by atoms with van der Waals surface area (Å²) in [6.45, 7) is 1.95. The van der Waals surface area contributed by atoms with Crippen LogP contribution >= 0.6 is 15.9 Å². The SMILES string of the molecule is CC(C1CC1)N(C)C(=O)Cn1cc(Br)c(=O)[nH]c1=O. The number of likely N-dealkylation sites (N-methyl/N-ethyl adjacent to an activating group) is 1. The summed E-state index contributed by atoms with van der Waals surface area (Å²) in [5.41, 5.74) is -1.07. The molecule has 1 amide bonds. The molecule has 19 heavy (non-hydrogen) atoms. The van der Waals surface area contributed by atoms with Crippen LogP contribution in [0.4, 0.5) is 0 Å². The van der Waals surface area contributed by atoms with Gasteiger partial charge < -0.3 is 4.90 Å². The van der Waals surface area contributed by atoms with Gasteiger partial charge in [-0.1, -0.05) is 0 Å². The number of hydrogen-bond acceptors (Lipinski definition) is 3. The second kappa shape index (κ2) is 5.32. The molecule has 0 spiro atoms. The molecule has 1 N–H and O–H groups in total. The first-order valence-corrected chi connectivity index (χ1v) is 6.94. The van der Waals surface area contributed by atoms with E-state index in [4.69, 9.17) is 0 Å². The fraction of sp³-hybridized carbons (Fsp3) is 0.583. The van der Waals surface area contributed by atoms with Gasteiger partial charge in [0.05, 0.1) is 4.47 Å². The lowest BCUT2D eigenvalue weighted by molar-refractivity contribution is -0.132. The maximum Gasteiger partial charge on any atom is 0.328 e. The number of aromatic nitrogens is 2. The highest BCUT2D eigenvalue weighted by Crippen LogP contribution is 2.34. The number of rotatable bonds is 4. The van der Waals surface area contributed by atoms with E-state index in [1.807, 2.05) is 6.92 Å². The summed E-state index contributed by atoms with van der Waals surface area (Å²) in [5, 5.41) is 0. The maximum atomic E-state index is 12.1. The van der Waals surface area contributed by atoms with Gasteiger partial charge in [-0.15, -0.1) is 0 Å². The van der Waals surface area contributed by atoms with Gasteiger partial charge in [0, 0.05) is 19.3 Å². The Bertz CT molecular complexity index is 603. The predicted octanol–water partition coefficient (Wildman–Crippen LogP) is 0.556. The van der Waals surface area contributed by atoms with Gasteiger partial charge in [-0.2, -0.15) is 0 Å². The van der Waals surface area contributed by atoms with E-state index >= 15 is 0 Å². The Morgan fingerprint density at radius 1 is 1.58 bits per heavy atom. The van der Waals surface area contributed by atoms with Crippen molar-refractivity contribution in [3.05, 3.63) is 31.5 Å². The first kappa shape index (κ1) is 14.0. The number of halogens is 1. The molecular weight excluding hydrogens is 314 g/mol. The van der Waals surface area contributed by atoms with Crippen LogP contribution in [0, 0.1) is 5.92 Å². The molecule has 1 aromatic rings. The second-order valence-corrected chi connectivity index (χ2v) is 5.80. The molecule has 0 radical (unpaired) electrons. The maximum absolute atomic E-state index is 12.1. The van der Waals surface area contributed by atoms with E-state index in [1.54, 1.807) is 11.9 Å². The Kier molecular flexibility index (Phi) is 3.93. The minimum Gasteiger partial charge on any atom is -0.341 e. The van der Waals surface area contributed by atoms with Gasteiger partial charge >= 0.3 is 5.69 Å². The van der Waals surface area contributed by atoms with E-state index in [9.17, 15) is 14.4 Å². The van der Waals surface area contributed by atoms with Crippen molar-refractivity contribution in [1.82, 2.24) is 14.5 Å². The van der Waals surface area contributed by atoms with E-state index in [0.717, 1.165) is 12.8 Å². The monoisotopic (exact) mass is 329 g/mol. The third kappa shape index (κ3) is 3.15. The average Bonchev–Trinajstić information content (AvgIpc) is 3.18. The Morgan fingerprint density at radius 3 is 2.79 bits per heavy atom. The van der Waals surface area contributed by atoms with Crippen molar-refractivity contribution in [2.75, 3.05) is 7.05 Å². The minimum atomic E-state index is -0.575. The van der Waals surface area contributed by atoms with E-state index in [2.05, 4.69) is 20.9 Å². The number of amides is 1. The molecule has 2 rings (SSSR count). The third-order valence-electron chi connectivity index (χ3n) is 3.58. The van der Waals surface area contributed by atoms with Crippen LogP contribution in [0.1, 0.15) is 19.8 Å². The first-order valence-electron chi connectivity index (χ1n) is 6.15. The van der Waals surface area contributed by atoms with E-state index in [0.29, 0.717) is 5.92 Å². The number of aromatic amines is 1. The number of hydrogen-bond donors (Lipinski definition) is 1. The smallest absolute Gasteiger partial charge is 0.328 e. The fourth-order valence-corrected chi connectivity index (χ4v) is 2.33. The topological polar surface area (TPSA) is 75.2 Å². The number of nitrogens with zero attached hydrogens (tertiary/aromatic N) is 2. The third-order valence-corrected chi connectivity index (χ3v) is 4.15. The van der Waals surface area contributed by atoms with Crippen LogP contribution in [-0.4, -0.2) is 33.4 Å². The van der Waals surface area contributed by atoms with Crippen LogP contribution in [0.15, 0.2) is 20.3 Å². The fourth-order valence-electron chi connectivity index (χ4n) is 1.98. The summed E-state index contributed by atoms with van der Waals surface area (Å²) < 4.78 is 1.43. The summed E-state index contributed by atoms with van der Waals surface area (Å²) in [7, 11) is 1.75. The molecular formula is C12H16BrN3O3. The van der Waals surface area contributed by atoms with Gasteiger partial charge in [0.25, 0.3) is 5.56 Å². The Labute approximate surface area is 118 Å². The van der Waals surface area contributed by atoms with Crippen LogP contribution in [0.3, 0.4) is 0 Å². The molecule has 1 aliphatic carbocycles. The van der Waals surface area contributed by atoms with Crippen molar-refractivity contribution in [3.63, 3.8) is 0 Å². The molecule has 6 nitrogen and oxygen atoms in total. The van der Waals surface area contributed by atoms with Crippen molar-refractivity contribution in [3.8, 4) is 0 Å². The minimum absolute atomic E-state index is 0.0677. The zero-order chi connectivity index (χ0) is 14.2. The molecule has 1 atom stereocenters. The molecule has 104 valence electrons. The van der Waals surface area contributed by atoms with Crippen LogP contribution in [0.5, 0.6) is 0 Å². The Hall–Kier alpha value is -1.37. The lowest BCUT2D eigenvalue weighted by Gasteiger charge is -2.25. The van der Waals surface area contributed by atoms with Crippen molar-refractivity contribution in [2.45, 2.75) is 32.4 Å². The highest BCUT2D eigenvalue weighted by atomic mass is 79.9. The van der Waals surface area contributed by atoms with Crippen molar-refractivity contribution >= 4 is 21.8 Å². The van der Waals surface area contributed by atoms with Gasteiger partial charge in [0.2, 0.25) is 5.91 Å². The van der Waals surface area contributed by atoms with E-state index in [1.165, 1.54) is 10.8 Å². The van der Waals surface area contributed by atoms with Crippen LogP contribution in [0.2, 0.25) is 0 Å². The molecule has 1 fully saturated rings. The summed E-state index contributed by atoms with van der Waals surface area (Å²) in [6.07, 6.45) is 3.65. The molecule has 1 aliphatic rings. The first-order chi connectivity index (χ1) is 8.90. The van der Waals surface area contributed by atoms with Crippen LogP contribution in [-0.2, 0) is 11.3 Å². The molecule has 0 bridgehead atoms. The summed E-state index contributed by atoms with van der Waals surface area (Å²) in [5.74, 6) is 0.438.